The molecule has 1 N–H and O–H groups in total. The maximum atomic E-state index is 4.68. The van der Waals surface area contributed by atoms with Gasteiger partial charge in [-0.3, -0.25) is 4.40 Å². The van der Waals surface area contributed by atoms with Crippen LogP contribution < -0.4 is 5.32 Å². The smallest absolute Gasteiger partial charge is 0.193 e. The number of rotatable bonds is 4. The van der Waals surface area contributed by atoms with E-state index in [1.165, 1.54) is 18.5 Å². The number of aromatic nitrogens is 2. The van der Waals surface area contributed by atoms with Crippen molar-refractivity contribution in [3.05, 3.63) is 23.5 Å². The van der Waals surface area contributed by atoms with Gasteiger partial charge in [-0.15, -0.1) is 11.3 Å². The van der Waals surface area contributed by atoms with Crippen LogP contribution in [0.15, 0.2) is 17.8 Å². The highest BCUT2D eigenvalue weighted by Crippen LogP contribution is 2.32. The van der Waals surface area contributed by atoms with Crippen LogP contribution in [0.3, 0.4) is 0 Å². The molecule has 0 spiro atoms. The van der Waals surface area contributed by atoms with Crippen LogP contribution in [0.5, 0.6) is 0 Å². The quantitative estimate of drug-likeness (QED) is 0.881. The van der Waals surface area contributed by atoms with Crippen LogP contribution in [0.4, 0.5) is 0 Å². The lowest BCUT2D eigenvalue weighted by Gasteiger charge is -2.42. The minimum Gasteiger partial charge on any atom is -0.316 e. The lowest BCUT2D eigenvalue weighted by Crippen LogP contribution is -2.54. The molecule has 3 nitrogen and oxygen atoms in total. The van der Waals surface area contributed by atoms with E-state index < -0.39 is 0 Å². The number of thiazole rings is 1. The van der Waals surface area contributed by atoms with Gasteiger partial charge in [0, 0.05) is 36.3 Å². The minimum absolute atomic E-state index is 0.485. The third-order valence-corrected chi connectivity index (χ3v) is 4.25. The molecule has 4 heteroatoms. The first-order chi connectivity index (χ1) is 7.81. The second-order valence-electron chi connectivity index (χ2n) is 4.86. The number of nitrogens with one attached hydrogen (secondary N) is 1. The molecule has 0 aliphatic carbocycles. The average molecular weight is 235 g/mol. The Labute approximate surface area is 99.5 Å². The Morgan fingerprint density at radius 1 is 1.56 bits per heavy atom. The summed E-state index contributed by atoms with van der Waals surface area (Å²) < 4.78 is 2.13. The summed E-state index contributed by atoms with van der Waals surface area (Å²) in [6.07, 6.45) is 7.97. The highest BCUT2D eigenvalue weighted by atomic mass is 32.1. The highest BCUT2D eigenvalue weighted by Gasteiger charge is 2.36. The van der Waals surface area contributed by atoms with Gasteiger partial charge in [0.25, 0.3) is 0 Å². The van der Waals surface area contributed by atoms with Gasteiger partial charge in [0.05, 0.1) is 5.69 Å². The lowest BCUT2D eigenvalue weighted by atomic mass is 9.74. The molecule has 0 unspecified atom stereocenters. The van der Waals surface area contributed by atoms with Crippen molar-refractivity contribution >= 4 is 16.3 Å². The molecular weight excluding hydrogens is 218 g/mol. The van der Waals surface area contributed by atoms with Crippen molar-refractivity contribution in [2.24, 2.45) is 5.41 Å². The molecular formula is C12H17N3S. The molecule has 2 aromatic heterocycles. The van der Waals surface area contributed by atoms with E-state index in [9.17, 15) is 0 Å². The summed E-state index contributed by atoms with van der Waals surface area (Å²) in [6.45, 7) is 4.59. The zero-order valence-electron chi connectivity index (χ0n) is 9.57. The fraction of sp³-hybridized carbons (Fsp3) is 0.583. The maximum Gasteiger partial charge on any atom is 0.193 e. The summed E-state index contributed by atoms with van der Waals surface area (Å²) in [6, 6.07) is 0. The van der Waals surface area contributed by atoms with Gasteiger partial charge in [0.15, 0.2) is 4.96 Å². The van der Waals surface area contributed by atoms with E-state index in [4.69, 9.17) is 0 Å². The summed E-state index contributed by atoms with van der Waals surface area (Å²) in [5.41, 5.74) is 1.74. The van der Waals surface area contributed by atoms with Gasteiger partial charge >= 0.3 is 0 Å². The van der Waals surface area contributed by atoms with Crippen molar-refractivity contribution in [2.75, 3.05) is 13.1 Å². The van der Waals surface area contributed by atoms with Gasteiger partial charge < -0.3 is 5.32 Å². The summed E-state index contributed by atoms with van der Waals surface area (Å²) in [5.74, 6) is 0. The first-order valence-electron chi connectivity index (χ1n) is 5.93. The van der Waals surface area contributed by atoms with E-state index in [1.54, 1.807) is 11.3 Å². The second kappa shape index (κ2) is 3.86. The fourth-order valence-corrected chi connectivity index (χ4v) is 3.36. The molecule has 1 aliphatic rings. The molecule has 0 radical (unpaired) electrons. The second-order valence-corrected chi connectivity index (χ2v) is 5.73. The minimum atomic E-state index is 0.485. The zero-order chi connectivity index (χ0) is 11.0. The third-order valence-electron chi connectivity index (χ3n) is 3.48. The molecule has 3 heterocycles. The Morgan fingerprint density at radius 2 is 2.44 bits per heavy atom. The zero-order valence-corrected chi connectivity index (χ0v) is 10.4. The number of nitrogens with zero attached hydrogens (tertiary/aromatic N) is 2. The van der Waals surface area contributed by atoms with Crippen LogP contribution in [0.1, 0.15) is 25.5 Å². The molecule has 16 heavy (non-hydrogen) atoms. The molecule has 0 saturated carbocycles. The Morgan fingerprint density at radius 3 is 3.06 bits per heavy atom. The molecule has 0 bridgehead atoms. The Kier molecular flexibility index (Phi) is 2.48. The van der Waals surface area contributed by atoms with E-state index >= 15 is 0 Å². The van der Waals surface area contributed by atoms with Crippen LogP contribution in [-0.2, 0) is 6.42 Å². The molecule has 0 atom stereocenters. The van der Waals surface area contributed by atoms with Gasteiger partial charge in [-0.1, -0.05) is 13.3 Å². The van der Waals surface area contributed by atoms with E-state index in [0.717, 1.165) is 24.5 Å². The van der Waals surface area contributed by atoms with Crippen molar-refractivity contribution in [3.63, 3.8) is 0 Å². The van der Waals surface area contributed by atoms with Crippen LogP contribution in [0, 0.1) is 5.41 Å². The summed E-state index contributed by atoms with van der Waals surface area (Å²) >= 11 is 1.71. The molecule has 86 valence electrons. The first kappa shape index (κ1) is 10.3. The molecule has 1 aliphatic heterocycles. The molecule has 0 amide bonds. The fourth-order valence-electron chi connectivity index (χ4n) is 2.64. The normalized spacial score (nSPS) is 18.8. The molecule has 1 fully saturated rings. The average Bonchev–Trinajstić information content (AvgIpc) is 2.74. The van der Waals surface area contributed by atoms with Crippen molar-refractivity contribution in [3.8, 4) is 0 Å². The Bertz CT molecular complexity index is 453. The topological polar surface area (TPSA) is 29.3 Å². The number of hydrogen-bond acceptors (Lipinski definition) is 3. The van der Waals surface area contributed by atoms with E-state index in [0.29, 0.717) is 5.41 Å². The lowest BCUT2D eigenvalue weighted by molar-refractivity contribution is 0.149. The van der Waals surface area contributed by atoms with Crippen molar-refractivity contribution in [2.45, 2.75) is 26.2 Å². The van der Waals surface area contributed by atoms with Crippen LogP contribution in [0.2, 0.25) is 0 Å². The van der Waals surface area contributed by atoms with Crippen LogP contribution in [0.25, 0.3) is 4.96 Å². The Balaban J connectivity index is 1.80. The Hall–Kier alpha value is -0.870. The summed E-state index contributed by atoms with van der Waals surface area (Å²) in [4.78, 5) is 5.79. The molecule has 3 rings (SSSR count). The number of hydrogen-bond donors (Lipinski definition) is 1. The third kappa shape index (κ3) is 1.66. The van der Waals surface area contributed by atoms with E-state index in [2.05, 4.69) is 39.4 Å². The van der Waals surface area contributed by atoms with E-state index in [1.807, 2.05) is 0 Å². The first-order valence-corrected chi connectivity index (χ1v) is 6.81. The van der Waals surface area contributed by atoms with Gasteiger partial charge in [-0.2, -0.15) is 0 Å². The largest absolute Gasteiger partial charge is 0.316 e. The molecule has 1 saturated heterocycles. The van der Waals surface area contributed by atoms with Crippen LogP contribution in [-0.4, -0.2) is 22.5 Å². The van der Waals surface area contributed by atoms with Gasteiger partial charge in [-0.25, -0.2) is 4.98 Å². The predicted molar refractivity (Wildman–Crippen MR) is 67.0 cm³/mol. The number of fused-ring (bicyclic) bond motifs is 1. The van der Waals surface area contributed by atoms with Crippen molar-refractivity contribution < 1.29 is 0 Å². The standard InChI is InChI=1S/C12H17N3S/c1-2-3-12(8-13-9-12)6-10-7-15-4-5-16-11(15)14-10/h4-5,7,13H,2-3,6,8-9H2,1H3. The summed E-state index contributed by atoms with van der Waals surface area (Å²) in [7, 11) is 0. The highest BCUT2D eigenvalue weighted by molar-refractivity contribution is 7.15. The van der Waals surface area contributed by atoms with Crippen molar-refractivity contribution in [1.29, 1.82) is 0 Å². The van der Waals surface area contributed by atoms with E-state index in [-0.39, 0.29) is 0 Å². The molecule has 0 aromatic carbocycles. The SMILES string of the molecule is CCCC1(Cc2cn3ccsc3n2)CNC1. The van der Waals surface area contributed by atoms with Gasteiger partial charge in [0.1, 0.15) is 0 Å². The van der Waals surface area contributed by atoms with Gasteiger partial charge in [-0.05, 0) is 12.8 Å². The molecule has 2 aromatic rings. The van der Waals surface area contributed by atoms with Crippen molar-refractivity contribution in [1.82, 2.24) is 14.7 Å². The van der Waals surface area contributed by atoms with Crippen LogP contribution >= 0.6 is 11.3 Å². The maximum absolute atomic E-state index is 4.68. The monoisotopic (exact) mass is 235 g/mol. The number of imidazole rings is 1. The summed E-state index contributed by atoms with van der Waals surface area (Å²) in [5, 5.41) is 5.48. The predicted octanol–water partition coefficient (Wildman–Crippen LogP) is 2.33. The van der Waals surface area contributed by atoms with Gasteiger partial charge in [0.2, 0.25) is 0 Å².